The predicted molar refractivity (Wildman–Crippen MR) is 105 cm³/mol. The molecule has 3 rings (SSSR count). The summed E-state index contributed by atoms with van der Waals surface area (Å²) in [5, 5.41) is 1.21. The minimum Gasteiger partial charge on any atom is -0.350 e. The normalized spacial score (nSPS) is 11.3. The van der Waals surface area contributed by atoms with E-state index in [9.17, 15) is 4.79 Å². The van der Waals surface area contributed by atoms with E-state index in [2.05, 4.69) is 59.7 Å². The first-order valence-electron chi connectivity index (χ1n) is 8.94. The van der Waals surface area contributed by atoms with Gasteiger partial charge in [-0.1, -0.05) is 26.0 Å². The fourth-order valence-corrected chi connectivity index (χ4v) is 3.41. The minimum absolute atomic E-state index is 0.0143. The lowest BCUT2D eigenvalue weighted by Gasteiger charge is -2.23. The van der Waals surface area contributed by atoms with Crippen LogP contribution in [-0.4, -0.2) is 20.4 Å². The topological polar surface area (TPSA) is 51.0 Å². The van der Waals surface area contributed by atoms with E-state index in [4.69, 9.17) is 0 Å². The maximum atomic E-state index is 12.4. The number of rotatable bonds is 4. The summed E-state index contributed by atoms with van der Waals surface area (Å²) in [5.74, 6) is 1.05. The smallest absolute Gasteiger partial charge is 0.224 e. The Balaban J connectivity index is 2.05. The van der Waals surface area contributed by atoms with Crippen LogP contribution in [0, 0.1) is 13.8 Å². The Morgan fingerprint density at radius 1 is 1.27 bits per heavy atom. The van der Waals surface area contributed by atoms with Crippen molar-refractivity contribution >= 4 is 22.5 Å². The van der Waals surface area contributed by atoms with Gasteiger partial charge in [-0.05, 0) is 31.0 Å². The van der Waals surface area contributed by atoms with Gasteiger partial charge in [0.15, 0.2) is 0 Å². The van der Waals surface area contributed by atoms with Gasteiger partial charge in [-0.2, -0.15) is 0 Å². The molecule has 5 nitrogen and oxygen atoms in total. The van der Waals surface area contributed by atoms with Crippen molar-refractivity contribution < 1.29 is 4.79 Å². The van der Waals surface area contributed by atoms with E-state index in [0.717, 1.165) is 22.8 Å². The second-order valence-corrected chi connectivity index (χ2v) is 7.19. The Morgan fingerprint density at radius 3 is 2.62 bits per heavy atom. The molecule has 0 spiro atoms. The zero-order valence-electron chi connectivity index (χ0n) is 16.4. The summed E-state index contributed by atoms with van der Waals surface area (Å²) >= 11 is 0. The summed E-state index contributed by atoms with van der Waals surface area (Å²) in [6.07, 6.45) is 3.88. The van der Waals surface area contributed by atoms with Gasteiger partial charge in [0.2, 0.25) is 5.91 Å². The first-order chi connectivity index (χ1) is 12.3. The highest BCUT2D eigenvalue weighted by molar-refractivity contribution is 5.93. The number of nitrogens with zero attached hydrogens (tertiary/aromatic N) is 4. The molecule has 0 aliphatic heterocycles. The molecule has 0 radical (unpaired) electrons. The van der Waals surface area contributed by atoms with Crippen molar-refractivity contribution in [2.24, 2.45) is 7.05 Å². The van der Waals surface area contributed by atoms with Gasteiger partial charge < -0.3 is 9.47 Å². The molecule has 1 amide bonds. The Kier molecular flexibility index (Phi) is 4.81. The summed E-state index contributed by atoms with van der Waals surface area (Å²) < 4.78 is 2.11. The van der Waals surface area contributed by atoms with Crippen LogP contribution in [-0.2, 0) is 18.4 Å². The van der Waals surface area contributed by atoms with E-state index in [0.29, 0.717) is 6.54 Å². The molecule has 0 saturated carbocycles. The van der Waals surface area contributed by atoms with Crippen molar-refractivity contribution in [3.05, 3.63) is 53.2 Å². The molecule has 26 heavy (non-hydrogen) atoms. The maximum Gasteiger partial charge on any atom is 0.224 e. The van der Waals surface area contributed by atoms with Gasteiger partial charge in [0.05, 0.1) is 24.1 Å². The number of carbonyl (C=O) groups excluding carboxylic acids is 1. The third-order valence-electron chi connectivity index (χ3n) is 4.79. The van der Waals surface area contributed by atoms with Gasteiger partial charge in [0, 0.05) is 37.0 Å². The molecule has 1 aromatic carbocycles. The average molecular weight is 350 g/mol. The van der Waals surface area contributed by atoms with Gasteiger partial charge >= 0.3 is 0 Å². The number of benzene rings is 1. The molecule has 5 heteroatoms. The van der Waals surface area contributed by atoms with Gasteiger partial charge in [-0.25, -0.2) is 9.97 Å². The monoisotopic (exact) mass is 350 g/mol. The fraction of sp³-hybridized carbons (Fsp3) is 0.381. The summed E-state index contributed by atoms with van der Waals surface area (Å²) in [6.45, 7) is 10.3. The number of anilines is 1. The molecule has 0 fully saturated rings. The number of aromatic nitrogens is 3. The quantitative estimate of drug-likeness (QED) is 0.706. The summed E-state index contributed by atoms with van der Waals surface area (Å²) in [5.41, 5.74) is 5.11. The maximum absolute atomic E-state index is 12.4. The molecular formula is C21H26N4O. The highest BCUT2D eigenvalue weighted by Crippen LogP contribution is 2.28. The van der Waals surface area contributed by atoms with Crippen molar-refractivity contribution in [2.75, 3.05) is 4.90 Å². The number of carbonyl (C=O) groups is 1. The lowest BCUT2D eigenvalue weighted by molar-refractivity contribution is -0.116. The van der Waals surface area contributed by atoms with Crippen molar-refractivity contribution in [2.45, 2.75) is 47.1 Å². The number of fused-ring (bicyclic) bond motifs is 1. The lowest BCUT2D eigenvalue weighted by Crippen LogP contribution is -2.29. The molecule has 3 aromatic rings. The second kappa shape index (κ2) is 6.90. The van der Waals surface area contributed by atoms with E-state index >= 15 is 0 Å². The number of hydrogen-bond donors (Lipinski definition) is 0. The first kappa shape index (κ1) is 18.1. The van der Waals surface area contributed by atoms with Crippen LogP contribution in [0.3, 0.4) is 0 Å². The van der Waals surface area contributed by atoms with Crippen molar-refractivity contribution in [1.82, 2.24) is 14.5 Å². The van der Waals surface area contributed by atoms with E-state index in [1.807, 2.05) is 14.0 Å². The summed E-state index contributed by atoms with van der Waals surface area (Å²) in [6, 6.07) is 6.28. The molecule has 0 unspecified atom stereocenters. The largest absolute Gasteiger partial charge is 0.350 e. The molecule has 0 atom stereocenters. The Labute approximate surface area is 154 Å². The van der Waals surface area contributed by atoms with Crippen LogP contribution < -0.4 is 4.90 Å². The first-order valence-corrected chi connectivity index (χ1v) is 8.94. The molecule has 0 aliphatic carbocycles. The van der Waals surface area contributed by atoms with Gasteiger partial charge in [-0.3, -0.25) is 4.79 Å². The van der Waals surface area contributed by atoms with Gasteiger partial charge in [0.25, 0.3) is 0 Å². The molecule has 2 aromatic heterocycles. The molecule has 0 N–H and O–H groups in total. The van der Waals surface area contributed by atoms with E-state index in [1.54, 1.807) is 18.0 Å². The lowest BCUT2D eigenvalue weighted by atomic mass is 10.1. The molecule has 0 bridgehead atoms. The fourth-order valence-electron chi connectivity index (χ4n) is 3.41. The van der Waals surface area contributed by atoms with Crippen molar-refractivity contribution in [3.8, 4) is 0 Å². The van der Waals surface area contributed by atoms with Crippen molar-refractivity contribution in [1.29, 1.82) is 0 Å². The standard InChI is InChI=1S/C21H26N4O/c1-13(2)21-22-10-19(15(4)23-21)25(16(5)26)12-17-11-24(6)18-9-7-8-14(3)20(17)18/h7-11,13H,12H2,1-6H3. The van der Waals surface area contributed by atoms with Crippen LogP contribution in [0.4, 0.5) is 5.69 Å². The van der Waals surface area contributed by atoms with E-state index in [-0.39, 0.29) is 11.8 Å². The van der Waals surface area contributed by atoms with Crippen molar-refractivity contribution in [3.63, 3.8) is 0 Å². The Morgan fingerprint density at radius 2 is 2.00 bits per heavy atom. The molecule has 2 heterocycles. The number of amides is 1. The summed E-state index contributed by atoms with van der Waals surface area (Å²) in [4.78, 5) is 23.2. The van der Waals surface area contributed by atoms with Gasteiger partial charge in [-0.15, -0.1) is 0 Å². The number of aryl methyl sites for hydroxylation is 3. The molecule has 136 valence electrons. The van der Waals surface area contributed by atoms with Crippen LogP contribution in [0.15, 0.2) is 30.6 Å². The Bertz CT molecular complexity index is 972. The molecular weight excluding hydrogens is 324 g/mol. The predicted octanol–water partition coefficient (Wildman–Crippen LogP) is 4.26. The molecule has 0 saturated heterocycles. The number of hydrogen-bond acceptors (Lipinski definition) is 3. The zero-order chi connectivity index (χ0) is 19.0. The van der Waals surface area contributed by atoms with Gasteiger partial charge in [0.1, 0.15) is 5.82 Å². The van der Waals surface area contributed by atoms with Crippen LogP contribution in [0.5, 0.6) is 0 Å². The summed E-state index contributed by atoms with van der Waals surface area (Å²) in [7, 11) is 2.04. The Hall–Kier alpha value is -2.69. The average Bonchev–Trinajstić information content (AvgIpc) is 2.90. The highest BCUT2D eigenvalue weighted by Gasteiger charge is 2.19. The van der Waals surface area contributed by atoms with Crippen LogP contribution in [0.1, 0.15) is 49.3 Å². The minimum atomic E-state index is -0.0143. The zero-order valence-corrected chi connectivity index (χ0v) is 16.4. The highest BCUT2D eigenvalue weighted by atomic mass is 16.2. The van der Waals surface area contributed by atoms with E-state index in [1.165, 1.54) is 16.5 Å². The van der Waals surface area contributed by atoms with Crippen LogP contribution in [0.25, 0.3) is 10.9 Å². The van der Waals surface area contributed by atoms with Crippen LogP contribution in [0.2, 0.25) is 0 Å². The SMILES string of the molecule is CC(=O)N(Cc1cn(C)c2cccc(C)c12)c1cnc(C(C)C)nc1C. The molecule has 0 aliphatic rings. The second-order valence-electron chi connectivity index (χ2n) is 7.19. The third kappa shape index (κ3) is 3.21. The van der Waals surface area contributed by atoms with E-state index < -0.39 is 0 Å². The third-order valence-corrected chi connectivity index (χ3v) is 4.79. The van der Waals surface area contributed by atoms with Crippen LogP contribution >= 0.6 is 0 Å².